The number of rotatable bonds is 5. The average molecular weight is 311 g/mol. The Kier molecular flexibility index (Phi) is 6.83. The van der Waals surface area contributed by atoms with Crippen LogP contribution in [0.3, 0.4) is 0 Å². The van der Waals surface area contributed by atoms with Gasteiger partial charge in [0.25, 0.3) is 6.43 Å². The van der Waals surface area contributed by atoms with Crippen molar-refractivity contribution in [3.05, 3.63) is 12.4 Å². The summed E-state index contributed by atoms with van der Waals surface area (Å²) in [5.74, 6) is -0.195. The molecule has 1 aliphatic heterocycles. The maximum Gasteiger partial charge on any atom is 0.257 e. The molecule has 1 fully saturated rings. The van der Waals surface area contributed by atoms with Crippen molar-refractivity contribution >= 4 is 24.0 Å². The van der Waals surface area contributed by atoms with Crippen molar-refractivity contribution in [1.29, 1.82) is 0 Å². The second-order valence-electron chi connectivity index (χ2n) is 4.32. The molecule has 2 N–H and O–H groups in total. The number of carbonyl (C=O) groups excluding carboxylic acids is 1. The van der Waals surface area contributed by atoms with Crippen molar-refractivity contribution in [2.45, 2.75) is 25.4 Å². The van der Waals surface area contributed by atoms with E-state index in [0.29, 0.717) is 18.9 Å². The van der Waals surface area contributed by atoms with Crippen molar-refractivity contribution in [2.75, 3.05) is 25.1 Å². The van der Waals surface area contributed by atoms with Crippen molar-refractivity contribution in [1.82, 2.24) is 15.1 Å². The van der Waals surface area contributed by atoms with Gasteiger partial charge in [-0.25, -0.2) is 8.78 Å². The Hall–Kier alpha value is -1.25. The molecule has 2 rings (SSSR count). The first-order chi connectivity index (χ1) is 9.13. The standard InChI is InChI=1S/C11H16F2N4O2.ClH/c12-10(13)6-17-5-9(4-15-17)16-11(18)3-8-7-19-2-1-14-8;/h4-5,8,10,14H,1-3,6-7H2,(H,16,18);1H. The van der Waals surface area contributed by atoms with Crippen LogP contribution >= 0.6 is 12.4 Å². The molecule has 1 aliphatic rings. The van der Waals surface area contributed by atoms with Crippen molar-refractivity contribution in [2.24, 2.45) is 0 Å². The van der Waals surface area contributed by atoms with E-state index in [4.69, 9.17) is 4.74 Å². The molecule has 1 atom stereocenters. The number of carbonyl (C=O) groups is 1. The normalized spacial score (nSPS) is 18.6. The predicted octanol–water partition coefficient (Wildman–Crippen LogP) is 0.887. The molecule has 2 heterocycles. The van der Waals surface area contributed by atoms with Crippen molar-refractivity contribution in [3.63, 3.8) is 0 Å². The molecular formula is C11H17ClF2N4O2. The van der Waals surface area contributed by atoms with Gasteiger partial charge in [-0.2, -0.15) is 5.10 Å². The van der Waals surface area contributed by atoms with Gasteiger partial charge < -0.3 is 15.4 Å². The minimum absolute atomic E-state index is 0. The van der Waals surface area contributed by atoms with Gasteiger partial charge in [-0.15, -0.1) is 12.4 Å². The average Bonchev–Trinajstić information content (AvgIpc) is 2.76. The maximum absolute atomic E-state index is 12.1. The third-order valence-corrected chi connectivity index (χ3v) is 2.67. The van der Waals surface area contributed by atoms with Crippen LogP contribution in [0, 0.1) is 0 Å². The molecule has 0 aromatic carbocycles. The Morgan fingerprint density at radius 2 is 2.45 bits per heavy atom. The molecule has 1 amide bonds. The number of hydrogen-bond acceptors (Lipinski definition) is 4. The van der Waals surface area contributed by atoms with Crippen LogP contribution in [-0.4, -0.2) is 47.9 Å². The third kappa shape index (κ3) is 5.40. The summed E-state index contributed by atoms with van der Waals surface area (Å²) in [4.78, 5) is 11.7. The minimum Gasteiger partial charge on any atom is -0.378 e. The second kappa shape index (κ2) is 8.13. The summed E-state index contributed by atoms with van der Waals surface area (Å²) in [5, 5.41) is 9.52. The molecule has 0 radical (unpaired) electrons. The highest BCUT2D eigenvalue weighted by Crippen LogP contribution is 2.08. The highest BCUT2D eigenvalue weighted by Gasteiger charge is 2.17. The van der Waals surface area contributed by atoms with Gasteiger partial charge in [-0.05, 0) is 0 Å². The topological polar surface area (TPSA) is 68.2 Å². The fourth-order valence-electron chi connectivity index (χ4n) is 1.86. The Labute approximate surface area is 121 Å². The zero-order valence-electron chi connectivity index (χ0n) is 10.7. The third-order valence-electron chi connectivity index (χ3n) is 2.67. The Bertz CT molecular complexity index is 424. The molecular weight excluding hydrogens is 294 g/mol. The van der Waals surface area contributed by atoms with Crippen LogP contribution in [0.5, 0.6) is 0 Å². The Morgan fingerprint density at radius 3 is 3.10 bits per heavy atom. The molecule has 114 valence electrons. The van der Waals surface area contributed by atoms with Crippen LogP contribution in [0.4, 0.5) is 14.5 Å². The zero-order valence-corrected chi connectivity index (χ0v) is 11.5. The number of aromatic nitrogens is 2. The lowest BCUT2D eigenvalue weighted by molar-refractivity contribution is -0.117. The molecule has 1 aromatic rings. The summed E-state index contributed by atoms with van der Waals surface area (Å²) in [5.41, 5.74) is 0.419. The molecule has 1 saturated heterocycles. The summed E-state index contributed by atoms with van der Waals surface area (Å²) in [6.45, 7) is 1.40. The molecule has 1 unspecified atom stereocenters. The van der Waals surface area contributed by atoms with E-state index < -0.39 is 13.0 Å². The highest BCUT2D eigenvalue weighted by molar-refractivity contribution is 5.90. The van der Waals surface area contributed by atoms with Crippen molar-refractivity contribution in [3.8, 4) is 0 Å². The SMILES string of the molecule is Cl.O=C(CC1COCCN1)Nc1cnn(CC(F)F)c1. The van der Waals surface area contributed by atoms with Gasteiger partial charge in [0.2, 0.25) is 5.91 Å². The number of alkyl halides is 2. The molecule has 6 nitrogen and oxygen atoms in total. The van der Waals surface area contributed by atoms with E-state index in [1.54, 1.807) is 0 Å². The molecule has 0 aliphatic carbocycles. The number of anilines is 1. The number of nitrogens with one attached hydrogen (secondary N) is 2. The van der Waals surface area contributed by atoms with Crippen LogP contribution in [0.15, 0.2) is 12.4 Å². The number of hydrogen-bond donors (Lipinski definition) is 2. The van der Waals surface area contributed by atoms with Gasteiger partial charge in [0.1, 0.15) is 6.54 Å². The van der Waals surface area contributed by atoms with Gasteiger partial charge >= 0.3 is 0 Å². The second-order valence-corrected chi connectivity index (χ2v) is 4.32. The quantitative estimate of drug-likeness (QED) is 0.847. The summed E-state index contributed by atoms with van der Waals surface area (Å²) < 4.78 is 30.6. The molecule has 9 heteroatoms. The van der Waals surface area contributed by atoms with E-state index in [1.807, 2.05) is 0 Å². The summed E-state index contributed by atoms with van der Waals surface area (Å²) in [7, 11) is 0. The molecule has 0 bridgehead atoms. The van der Waals surface area contributed by atoms with Crippen LogP contribution in [-0.2, 0) is 16.1 Å². The first-order valence-electron chi connectivity index (χ1n) is 6.05. The van der Waals surface area contributed by atoms with E-state index in [9.17, 15) is 13.6 Å². The zero-order chi connectivity index (χ0) is 13.7. The highest BCUT2D eigenvalue weighted by atomic mass is 35.5. The first kappa shape index (κ1) is 16.8. The van der Waals surface area contributed by atoms with Crippen molar-refractivity contribution < 1.29 is 18.3 Å². The van der Waals surface area contributed by atoms with E-state index >= 15 is 0 Å². The van der Waals surface area contributed by atoms with E-state index in [2.05, 4.69) is 15.7 Å². The molecule has 20 heavy (non-hydrogen) atoms. The van der Waals surface area contributed by atoms with Gasteiger partial charge in [-0.1, -0.05) is 0 Å². The number of nitrogens with zero attached hydrogens (tertiary/aromatic N) is 2. The monoisotopic (exact) mass is 310 g/mol. The van der Waals surface area contributed by atoms with Gasteiger partial charge in [0.15, 0.2) is 0 Å². The van der Waals surface area contributed by atoms with E-state index in [0.717, 1.165) is 11.2 Å². The largest absolute Gasteiger partial charge is 0.378 e. The number of amides is 1. The summed E-state index contributed by atoms with van der Waals surface area (Å²) >= 11 is 0. The van der Waals surface area contributed by atoms with Gasteiger partial charge in [0.05, 0.1) is 25.1 Å². The smallest absolute Gasteiger partial charge is 0.257 e. The Morgan fingerprint density at radius 1 is 1.65 bits per heavy atom. The van der Waals surface area contributed by atoms with Crippen LogP contribution in [0.2, 0.25) is 0 Å². The van der Waals surface area contributed by atoms with Gasteiger partial charge in [0, 0.05) is 25.2 Å². The minimum atomic E-state index is -2.47. The summed E-state index contributed by atoms with van der Waals surface area (Å²) in [6, 6.07) is -0.00939. The first-order valence-corrected chi connectivity index (χ1v) is 6.05. The predicted molar refractivity (Wildman–Crippen MR) is 71.3 cm³/mol. The lowest BCUT2D eigenvalue weighted by Gasteiger charge is -2.23. The number of halogens is 3. The fourth-order valence-corrected chi connectivity index (χ4v) is 1.86. The molecule has 0 spiro atoms. The fraction of sp³-hybridized carbons (Fsp3) is 0.636. The maximum atomic E-state index is 12.1. The lowest BCUT2D eigenvalue weighted by atomic mass is 10.2. The van der Waals surface area contributed by atoms with Crippen LogP contribution in [0.1, 0.15) is 6.42 Å². The number of morpholine rings is 1. The van der Waals surface area contributed by atoms with Crippen LogP contribution < -0.4 is 10.6 Å². The number of ether oxygens (including phenoxy) is 1. The summed E-state index contributed by atoms with van der Waals surface area (Å²) in [6.07, 6.45) is 0.548. The van der Waals surface area contributed by atoms with Gasteiger partial charge in [-0.3, -0.25) is 9.48 Å². The molecule has 1 aromatic heterocycles. The lowest BCUT2D eigenvalue weighted by Crippen LogP contribution is -2.43. The molecule has 0 saturated carbocycles. The Balaban J connectivity index is 0.00000200. The van der Waals surface area contributed by atoms with E-state index in [-0.39, 0.29) is 30.8 Å². The van der Waals surface area contributed by atoms with E-state index in [1.165, 1.54) is 12.4 Å². The van der Waals surface area contributed by atoms with Crippen LogP contribution in [0.25, 0.3) is 0 Å².